The third-order valence-corrected chi connectivity index (χ3v) is 5.10. The Morgan fingerprint density at radius 3 is 2.12 bits per heavy atom. The molecule has 3 aromatic carbocycles. The molecule has 4 N–H and O–H groups in total. The fourth-order valence-corrected chi connectivity index (χ4v) is 3.38. The monoisotopic (exact) mass is 463 g/mol. The Labute approximate surface area is 196 Å². The van der Waals surface area contributed by atoms with Crippen LogP contribution >= 0.6 is 0 Å². The minimum atomic E-state index is -1.01. The Hall–Kier alpha value is -4.22. The van der Waals surface area contributed by atoms with Crippen LogP contribution in [-0.4, -0.2) is 35.3 Å². The van der Waals surface area contributed by atoms with Gasteiger partial charge in [0.05, 0.1) is 0 Å². The third kappa shape index (κ3) is 6.89. The highest BCUT2D eigenvalue weighted by molar-refractivity contribution is 5.94. The number of amides is 3. The summed E-state index contributed by atoms with van der Waals surface area (Å²) in [6.07, 6.45) is 0.516. The first-order chi connectivity index (χ1) is 16.3. The van der Waals surface area contributed by atoms with E-state index in [1.165, 1.54) is 24.3 Å². The largest absolute Gasteiger partial charge is 0.352 e. The van der Waals surface area contributed by atoms with E-state index in [0.29, 0.717) is 24.1 Å². The van der Waals surface area contributed by atoms with E-state index in [4.69, 9.17) is 5.73 Å². The maximum atomic E-state index is 13.4. The van der Waals surface area contributed by atoms with Gasteiger partial charge < -0.3 is 11.1 Å². The van der Waals surface area contributed by atoms with Gasteiger partial charge in [-0.1, -0.05) is 42.2 Å². The van der Waals surface area contributed by atoms with Gasteiger partial charge in [0.25, 0.3) is 5.91 Å². The molecule has 34 heavy (non-hydrogen) atoms. The molecule has 0 spiro atoms. The number of carbonyl (C=O) groups excluding carboxylic acids is 2. The van der Waals surface area contributed by atoms with Crippen molar-refractivity contribution in [2.45, 2.75) is 12.3 Å². The van der Waals surface area contributed by atoms with Gasteiger partial charge in [-0.2, -0.15) is 5.06 Å². The van der Waals surface area contributed by atoms with E-state index in [2.05, 4.69) is 17.2 Å². The average Bonchev–Trinajstić information content (AvgIpc) is 2.83. The van der Waals surface area contributed by atoms with Gasteiger partial charge in [0.2, 0.25) is 0 Å². The van der Waals surface area contributed by atoms with Gasteiger partial charge >= 0.3 is 6.03 Å². The minimum Gasteiger partial charge on any atom is -0.352 e. The van der Waals surface area contributed by atoms with E-state index in [0.717, 1.165) is 11.1 Å². The Morgan fingerprint density at radius 2 is 1.56 bits per heavy atom. The van der Waals surface area contributed by atoms with Gasteiger partial charge in [0, 0.05) is 23.6 Å². The topological polar surface area (TPSA) is 95.7 Å². The van der Waals surface area contributed by atoms with E-state index in [9.17, 15) is 23.6 Å². The summed E-state index contributed by atoms with van der Waals surface area (Å²) in [5.74, 6) is 4.18. The number of carbonyl (C=O) groups is 2. The molecule has 3 aromatic rings. The number of rotatable bonds is 7. The molecule has 3 rings (SSSR count). The van der Waals surface area contributed by atoms with Crippen molar-refractivity contribution >= 4 is 11.9 Å². The van der Waals surface area contributed by atoms with Crippen LogP contribution in [0.15, 0.2) is 72.8 Å². The molecule has 0 heterocycles. The van der Waals surface area contributed by atoms with Crippen LogP contribution in [0.25, 0.3) is 0 Å². The molecule has 0 saturated heterocycles. The Morgan fingerprint density at radius 1 is 0.971 bits per heavy atom. The van der Waals surface area contributed by atoms with E-state index in [1.807, 2.05) is 0 Å². The lowest BCUT2D eigenvalue weighted by atomic mass is 9.88. The van der Waals surface area contributed by atoms with Crippen LogP contribution < -0.4 is 11.1 Å². The predicted octanol–water partition coefficient (Wildman–Crippen LogP) is 4.04. The molecule has 6 nitrogen and oxygen atoms in total. The molecule has 174 valence electrons. The second-order valence-corrected chi connectivity index (χ2v) is 7.48. The normalized spacial score (nSPS) is 10.4. The number of halogens is 2. The zero-order chi connectivity index (χ0) is 24.5. The molecule has 0 saturated carbocycles. The minimum absolute atomic E-state index is 0.162. The van der Waals surface area contributed by atoms with Gasteiger partial charge in [-0.05, 0) is 60.0 Å². The number of hydroxylamine groups is 2. The van der Waals surface area contributed by atoms with Crippen LogP contribution in [0.5, 0.6) is 0 Å². The lowest BCUT2D eigenvalue weighted by Crippen LogP contribution is -2.32. The summed E-state index contributed by atoms with van der Waals surface area (Å²) in [6, 6.07) is 17.8. The first-order valence-electron chi connectivity index (χ1n) is 10.5. The Balaban J connectivity index is 1.66. The molecule has 3 amide bonds. The molecular formula is C26H23F2N3O3. The maximum Gasteiger partial charge on any atom is 0.339 e. The second kappa shape index (κ2) is 11.6. The quantitative estimate of drug-likeness (QED) is 0.280. The van der Waals surface area contributed by atoms with E-state index >= 15 is 0 Å². The smallest absolute Gasteiger partial charge is 0.339 e. The van der Waals surface area contributed by atoms with Crippen molar-refractivity contribution in [2.24, 2.45) is 5.73 Å². The van der Waals surface area contributed by atoms with E-state index in [-0.39, 0.29) is 35.1 Å². The number of benzene rings is 3. The molecule has 0 atom stereocenters. The zero-order valence-corrected chi connectivity index (χ0v) is 18.2. The third-order valence-electron chi connectivity index (χ3n) is 5.10. The fourth-order valence-electron chi connectivity index (χ4n) is 3.38. The maximum absolute atomic E-state index is 13.4. The van der Waals surface area contributed by atoms with Crippen LogP contribution in [-0.2, 0) is 0 Å². The first kappa shape index (κ1) is 24.4. The summed E-state index contributed by atoms with van der Waals surface area (Å²) in [6.45, 7) is 0.0617. The molecular weight excluding hydrogens is 440 g/mol. The number of nitrogens with zero attached hydrogens (tertiary/aromatic N) is 1. The van der Waals surface area contributed by atoms with Crippen LogP contribution in [0.2, 0.25) is 0 Å². The molecule has 0 aliphatic heterocycles. The van der Waals surface area contributed by atoms with Gasteiger partial charge in [-0.3, -0.25) is 10.0 Å². The molecule has 0 fully saturated rings. The number of nitrogens with one attached hydrogen (secondary N) is 1. The molecule has 0 aliphatic carbocycles. The summed E-state index contributed by atoms with van der Waals surface area (Å²) in [5.41, 5.74) is 7.55. The van der Waals surface area contributed by atoms with Gasteiger partial charge in [0.1, 0.15) is 18.2 Å². The van der Waals surface area contributed by atoms with Crippen LogP contribution in [0.4, 0.5) is 13.6 Å². The van der Waals surface area contributed by atoms with Crippen molar-refractivity contribution in [3.8, 4) is 11.8 Å². The van der Waals surface area contributed by atoms with Crippen LogP contribution in [0, 0.1) is 23.5 Å². The SMILES string of the molecule is NC(=O)N(O)CC#Cc1cccc(C(=O)NCCC(c2ccc(F)cc2)c2ccc(F)cc2)c1. The summed E-state index contributed by atoms with van der Waals surface area (Å²) in [4.78, 5) is 23.4. The van der Waals surface area contributed by atoms with Crippen molar-refractivity contribution in [1.82, 2.24) is 10.4 Å². The van der Waals surface area contributed by atoms with Crippen molar-refractivity contribution in [3.63, 3.8) is 0 Å². The van der Waals surface area contributed by atoms with Crippen molar-refractivity contribution in [2.75, 3.05) is 13.1 Å². The molecule has 8 heteroatoms. The van der Waals surface area contributed by atoms with Crippen molar-refractivity contribution in [1.29, 1.82) is 0 Å². The molecule has 0 unspecified atom stereocenters. The highest BCUT2D eigenvalue weighted by Crippen LogP contribution is 2.28. The van der Waals surface area contributed by atoms with Gasteiger partial charge in [0.15, 0.2) is 0 Å². The molecule has 0 bridgehead atoms. The number of nitrogens with two attached hydrogens (primary N) is 1. The number of primary amides is 1. The van der Waals surface area contributed by atoms with Gasteiger partial charge in [-0.15, -0.1) is 0 Å². The highest BCUT2D eigenvalue weighted by Gasteiger charge is 2.15. The molecule has 0 aromatic heterocycles. The first-order valence-corrected chi connectivity index (χ1v) is 10.5. The zero-order valence-electron chi connectivity index (χ0n) is 18.2. The Kier molecular flexibility index (Phi) is 8.32. The van der Waals surface area contributed by atoms with Crippen molar-refractivity contribution in [3.05, 3.63) is 107 Å². The average molecular weight is 463 g/mol. The fraction of sp³-hybridized carbons (Fsp3) is 0.154. The standard InChI is InChI=1S/C26H23F2N3O3/c27-22-10-6-19(7-11-22)24(20-8-12-23(28)13-9-20)14-15-30-25(32)21-5-1-3-18(17-21)4-2-16-31(34)26(29)33/h1,3,5-13,17,24,34H,14-16H2,(H2,29,33)(H,30,32). The summed E-state index contributed by atoms with van der Waals surface area (Å²) in [7, 11) is 0. The van der Waals surface area contributed by atoms with Crippen LogP contribution in [0.1, 0.15) is 39.4 Å². The second-order valence-electron chi connectivity index (χ2n) is 7.48. The number of hydrogen-bond donors (Lipinski definition) is 3. The Bertz CT molecular complexity index is 1160. The van der Waals surface area contributed by atoms with Crippen LogP contribution in [0.3, 0.4) is 0 Å². The summed E-state index contributed by atoms with van der Waals surface area (Å²) in [5, 5.41) is 12.4. The van der Waals surface area contributed by atoms with E-state index in [1.54, 1.807) is 48.5 Å². The van der Waals surface area contributed by atoms with Gasteiger partial charge in [-0.25, -0.2) is 13.6 Å². The van der Waals surface area contributed by atoms with Crippen molar-refractivity contribution < 1.29 is 23.6 Å². The number of urea groups is 1. The highest BCUT2D eigenvalue weighted by atomic mass is 19.1. The predicted molar refractivity (Wildman–Crippen MR) is 123 cm³/mol. The molecule has 0 radical (unpaired) electrons. The summed E-state index contributed by atoms with van der Waals surface area (Å²) >= 11 is 0. The summed E-state index contributed by atoms with van der Waals surface area (Å²) < 4.78 is 26.8. The van der Waals surface area contributed by atoms with E-state index < -0.39 is 6.03 Å². The molecule has 0 aliphatic rings. The number of hydrogen-bond acceptors (Lipinski definition) is 3. The lowest BCUT2D eigenvalue weighted by Gasteiger charge is -2.18. The lowest BCUT2D eigenvalue weighted by molar-refractivity contribution is -0.0269.